The molecular formula is C16H17F3N4O2. The molecule has 0 saturated heterocycles. The van der Waals surface area contributed by atoms with Gasteiger partial charge in [-0.2, -0.15) is 13.2 Å². The Morgan fingerprint density at radius 3 is 2.76 bits per heavy atom. The Morgan fingerprint density at radius 2 is 2.04 bits per heavy atom. The second kappa shape index (κ2) is 7.12. The number of ether oxygens (including phenoxy) is 1. The lowest BCUT2D eigenvalue weighted by atomic mass is 9.99. The molecule has 1 aliphatic rings. The van der Waals surface area contributed by atoms with Crippen LogP contribution in [0.25, 0.3) is 0 Å². The lowest BCUT2D eigenvalue weighted by Gasteiger charge is -2.26. The molecule has 9 heteroatoms. The summed E-state index contributed by atoms with van der Waals surface area (Å²) in [6, 6.07) is 9.15. The van der Waals surface area contributed by atoms with Crippen molar-refractivity contribution >= 4 is 6.09 Å². The first kappa shape index (κ1) is 17.2. The number of aromatic nitrogens is 3. The van der Waals surface area contributed by atoms with Crippen molar-refractivity contribution in [1.29, 1.82) is 0 Å². The van der Waals surface area contributed by atoms with Crippen molar-refractivity contribution in [2.24, 2.45) is 5.92 Å². The number of fused-ring (bicyclic) bond motifs is 1. The molecule has 0 spiro atoms. The zero-order valence-corrected chi connectivity index (χ0v) is 13.3. The number of nitrogens with zero attached hydrogens (tertiary/aromatic N) is 3. The van der Waals surface area contributed by atoms with Gasteiger partial charge in [0, 0.05) is 13.0 Å². The maximum Gasteiger partial charge on any atom is 0.407 e. The molecule has 1 aromatic heterocycles. The zero-order chi connectivity index (χ0) is 17.9. The summed E-state index contributed by atoms with van der Waals surface area (Å²) in [5, 5.41) is 10.3. The van der Waals surface area contributed by atoms with Crippen molar-refractivity contribution in [2.75, 3.05) is 0 Å². The Hall–Kier alpha value is -2.58. The Labute approximate surface area is 142 Å². The number of hydrogen-bond donors (Lipinski definition) is 1. The monoisotopic (exact) mass is 354 g/mol. The van der Waals surface area contributed by atoms with Gasteiger partial charge in [-0.05, 0) is 12.0 Å². The van der Waals surface area contributed by atoms with Crippen molar-refractivity contribution in [1.82, 2.24) is 20.1 Å². The Kier molecular flexibility index (Phi) is 4.91. The summed E-state index contributed by atoms with van der Waals surface area (Å²) in [5.41, 5.74) is 0.838. The number of benzene rings is 1. The molecule has 0 saturated carbocycles. The average Bonchev–Trinajstić information content (AvgIpc) is 3.00. The van der Waals surface area contributed by atoms with Gasteiger partial charge in [0.05, 0.1) is 12.5 Å². The van der Waals surface area contributed by atoms with E-state index < -0.39 is 18.2 Å². The summed E-state index contributed by atoms with van der Waals surface area (Å²) >= 11 is 0. The molecule has 0 bridgehead atoms. The molecule has 1 atom stereocenters. The third-order valence-electron chi connectivity index (χ3n) is 4.09. The third-order valence-corrected chi connectivity index (χ3v) is 4.09. The minimum atomic E-state index is -4.25. The number of alkyl carbamates (subject to hydrolysis) is 1. The fourth-order valence-corrected chi connectivity index (χ4v) is 2.71. The van der Waals surface area contributed by atoms with Gasteiger partial charge in [0.1, 0.15) is 12.4 Å². The number of halogens is 3. The molecular weight excluding hydrogens is 337 g/mol. The zero-order valence-electron chi connectivity index (χ0n) is 13.3. The summed E-state index contributed by atoms with van der Waals surface area (Å²) in [5.74, 6) is -0.615. The van der Waals surface area contributed by atoms with Crippen LogP contribution < -0.4 is 5.32 Å². The van der Waals surface area contributed by atoms with E-state index in [2.05, 4.69) is 15.5 Å². The molecule has 134 valence electrons. The van der Waals surface area contributed by atoms with Crippen molar-refractivity contribution in [2.45, 2.75) is 38.7 Å². The van der Waals surface area contributed by atoms with E-state index in [0.717, 1.165) is 5.56 Å². The standard InChI is InChI=1S/C16H17F3N4O2/c17-16(18,19)12-6-7-13-21-22-14(23(13)9-12)8-20-15(24)25-10-11-4-2-1-3-5-11/h1-5,12H,6-10H2,(H,20,24)/t12-/m1/s1. The number of amides is 1. The normalized spacial score (nSPS) is 17.0. The summed E-state index contributed by atoms with van der Waals surface area (Å²) in [4.78, 5) is 11.7. The molecule has 1 aromatic carbocycles. The number of carbonyl (C=O) groups excluding carboxylic acids is 1. The van der Waals surface area contributed by atoms with E-state index in [9.17, 15) is 18.0 Å². The van der Waals surface area contributed by atoms with Gasteiger partial charge < -0.3 is 14.6 Å². The highest BCUT2D eigenvalue weighted by Gasteiger charge is 2.42. The first-order chi connectivity index (χ1) is 11.9. The van der Waals surface area contributed by atoms with Crippen molar-refractivity contribution in [3.05, 3.63) is 47.5 Å². The van der Waals surface area contributed by atoms with Crippen LogP contribution in [0.3, 0.4) is 0 Å². The highest BCUT2D eigenvalue weighted by molar-refractivity contribution is 5.67. The Bertz CT molecular complexity index is 731. The topological polar surface area (TPSA) is 69.0 Å². The maximum absolute atomic E-state index is 12.9. The molecule has 1 aliphatic heterocycles. The van der Waals surface area contributed by atoms with Crippen molar-refractivity contribution in [3.8, 4) is 0 Å². The fraction of sp³-hybridized carbons (Fsp3) is 0.438. The van der Waals surface area contributed by atoms with Crippen molar-refractivity contribution < 1.29 is 22.7 Å². The van der Waals surface area contributed by atoms with E-state index in [1.807, 2.05) is 30.3 Å². The minimum Gasteiger partial charge on any atom is -0.445 e. The molecule has 6 nitrogen and oxygen atoms in total. The molecule has 1 amide bonds. The maximum atomic E-state index is 12.9. The number of rotatable bonds is 4. The second-order valence-corrected chi connectivity index (χ2v) is 5.84. The molecule has 2 heterocycles. The summed E-state index contributed by atoms with van der Waals surface area (Å²) < 4.78 is 45.2. The molecule has 1 N–H and O–H groups in total. The van der Waals surface area contributed by atoms with Crippen molar-refractivity contribution in [3.63, 3.8) is 0 Å². The van der Waals surface area contributed by atoms with Gasteiger partial charge in [0.2, 0.25) is 0 Å². The van der Waals surface area contributed by atoms with Gasteiger partial charge in [0.25, 0.3) is 0 Å². The second-order valence-electron chi connectivity index (χ2n) is 5.84. The van der Waals surface area contributed by atoms with E-state index in [0.29, 0.717) is 11.6 Å². The van der Waals surface area contributed by atoms with E-state index in [4.69, 9.17) is 4.74 Å². The predicted molar refractivity (Wildman–Crippen MR) is 81.4 cm³/mol. The van der Waals surface area contributed by atoms with Crippen LogP contribution in [0.1, 0.15) is 23.6 Å². The first-order valence-electron chi connectivity index (χ1n) is 7.85. The van der Waals surface area contributed by atoms with E-state index in [1.54, 1.807) is 0 Å². The number of nitrogens with one attached hydrogen (secondary N) is 1. The number of alkyl halides is 3. The van der Waals surface area contributed by atoms with Crippen LogP contribution in [0.2, 0.25) is 0 Å². The van der Waals surface area contributed by atoms with Gasteiger partial charge in [0.15, 0.2) is 5.82 Å². The largest absolute Gasteiger partial charge is 0.445 e. The molecule has 2 aromatic rings. The highest BCUT2D eigenvalue weighted by Crippen LogP contribution is 2.34. The van der Waals surface area contributed by atoms with Crippen LogP contribution in [0.4, 0.5) is 18.0 Å². The van der Waals surface area contributed by atoms with Gasteiger partial charge >= 0.3 is 12.3 Å². The molecule has 0 fully saturated rings. The van der Waals surface area contributed by atoms with E-state index >= 15 is 0 Å². The molecule has 3 rings (SSSR count). The third kappa shape index (κ3) is 4.28. The number of carbonyl (C=O) groups is 1. The van der Waals surface area contributed by atoms with Crippen LogP contribution in [-0.4, -0.2) is 27.0 Å². The Balaban J connectivity index is 1.54. The summed E-state index contributed by atoms with van der Waals surface area (Å²) in [6.07, 6.45) is -4.69. The smallest absolute Gasteiger partial charge is 0.407 e. The van der Waals surface area contributed by atoms with Gasteiger partial charge in [-0.1, -0.05) is 30.3 Å². The summed E-state index contributed by atoms with van der Waals surface area (Å²) in [6.45, 7) is -0.145. The number of hydrogen-bond acceptors (Lipinski definition) is 4. The van der Waals surface area contributed by atoms with Gasteiger partial charge in [-0.25, -0.2) is 4.79 Å². The highest BCUT2D eigenvalue weighted by atomic mass is 19.4. The van der Waals surface area contributed by atoms with Gasteiger partial charge in [-0.3, -0.25) is 0 Å². The molecule has 0 unspecified atom stereocenters. The quantitative estimate of drug-likeness (QED) is 0.917. The first-order valence-corrected chi connectivity index (χ1v) is 7.85. The Morgan fingerprint density at radius 1 is 1.28 bits per heavy atom. The fourth-order valence-electron chi connectivity index (χ4n) is 2.71. The predicted octanol–water partition coefficient (Wildman–Crippen LogP) is 2.83. The molecule has 0 radical (unpaired) electrons. The van der Waals surface area contributed by atoms with Crippen LogP contribution in [0.5, 0.6) is 0 Å². The van der Waals surface area contributed by atoms with Crippen LogP contribution in [-0.2, 0) is 30.9 Å². The lowest BCUT2D eigenvalue weighted by Crippen LogP contribution is -2.34. The van der Waals surface area contributed by atoms with Crippen LogP contribution in [0, 0.1) is 5.92 Å². The summed E-state index contributed by atoms with van der Waals surface area (Å²) in [7, 11) is 0. The average molecular weight is 354 g/mol. The SMILES string of the molecule is O=C(NCc1nnc2n1C[C@H](C(F)(F)F)CC2)OCc1ccccc1. The van der Waals surface area contributed by atoms with E-state index in [-0.39, 0.29) is 32.5 Å². The minimum absolute atomic E-state index is 0.00811. The molecule has 0 aliphatic carbocycles. The van der Waals surface area contributed by atoms with Gasteiger partial charge in [-0.15, -0.1) is 10.2 Å². The number of aryl methyl sites for hydroxylation is 1. The lowest BCUT2D eigenvalue weighted by molar-refractivity contribution is -0.182. The van der Waals surface area contributed by atoms with E-state index in [1.165, 1.54) is 4.57 Å². The van der Waals surface area contributed by atoms with Crippen LogP contribution in [0.15, 0.2) is 30.3 Å². The van der Waals surface area contributed by atoms with Crippen LogP contribution >= 0.6 is 0 Å². The molecule has 25 heavy (non-hydrogen) atoms.